The molecule has 8 heteroatoms. The first kappa shape index (κ1) is 16.5. The van der Waals surface area contributed by atoms with Crippen molar-refractivity contribution in [2.75, 3.05) is 5.32 Å². The fourth-order valence-electron chi connectivity index (χ4n) is 1.90. The zero-order valence-electron chi connectivity index (χ0n) is 12.3. The van der Waals surface area contributed by atoms with Crippen molar-refractivity contribution in [2.24, 2.45) is 0 Å². The molecule has 0 saturated carbocycles. The van der Waals surface area contributed by atoms with Gasteiger partial charge in [-0.1, -0.05) is 11.6 Å². The minimum Gasteiger partial charge on any atom is -0.344 e. The summed E-state index contributed by atoms with van der Waals surface area (Å²) in [6.07, 6.45) is 3.40. The van der Waals surface area contributed by atoms with Crippen molar-refractivity contribution < 1.29 is 9.59 Å². The van der Waals surface area contributed by atoms with Crippen molar-refractivity contribution in [1.29, 1.82) is 5.26 Å². The van der Waals surface area contributed by atoms with E-state index in [-0.39, 0.29) is 16.6 Å². The fourth-order valence-corrected chi connectivity index (χ4v) is 2.06. The molecule has 0 radical (unpaired) electrons. The molecule has 23 heavy (non-hydrogen) atoms. The molecular formula is C15H14ClN5O2. The lowest BCUT2D eigenvalue weighted by Gasteiger charge is -2.13. The molecule has 1 atom stereocenters. The molecule has 2 aromatic rings. The summed E-state index contributed by atoms with van der Waals surface area (Å²) in [4.78, 5) is 23.7. The van der Waals surface area contributed by atoms with Gasteiger partial charge in [0.25, 0.3) is 0 Å². The molecule has 2 amide bonds. The van der Waals surface area contributed by atoms with E-state index < -0.39 is 11.8 Å². The van der Waals surface area contributed by atoms with Crippen molar-refractivity contribution >= 4 is 29.1 Å². The first-order valence-electron chi connectivity index (χ1n) is 6.78. The van der Waals surface area contributed by atoms with E-state index in [4.69, 9.17) is 16.9 Å². The molecule has 118 valence electrons. The smallest absolute Gasteiger partial charge is 0.313 e. The molecule has 0 spiro atoms. The maximum Gasteiger partial charge on any atom is 0.313 e. The number of benzene rings is 1. The number of amides is 2. The van der Waals surface area contributed by atoms with Crippen molar-refractivity contribution in [1.82, 2.24) is 15.1 Å². The molecule has 0 fully saturated rings. The van der Waals surface area contributed by atoms with Gasteiger partial charge in [-0.3, -0.25) is 14.3 Å². The maximum atomic E-state index is 11.9. The molecule has 0 saturated heterocycles. The molecule has 1 aromatic heterocycles. The van der Waals surface area contributed by atoms with Gasteiger partial charge in [0.2, 0.25) is 0 Å². The average Bonchev–Trinajstić information content (AvgIpc) is 3.01. The third-order valence-corrected chi connectivity index (χ3v) is 3.28. The summed E-state index contributed by atoms with van der Waals surface area (Å²) in [5.74, 6) is -1.58. The Morgan fingerprint density at radius 2 is 2.22 bits per heavy atom. The van der Waals surface area contributed by atoms with Crippen LogP contribution in [0.4, 0.5) is 5.69 Å². The topological polar surface area (TPSA) is 99.8 Å². The van der Waals surface area contributed by atoms with Gasteiger partial charge in [0, 0.05) is 24.1 Å². The molecule has 1 aromatic carbocycles. The molecule has 0 bridgehead atoms. The monoisotopic (exact) mass is 331 g/mol. The van der Waals surface area contributed by atoms with Gasteiger partial charge in [0.05, 0.1) is 17.1 Å². The predicted octanol–water partition coefficient (Wildman–Crippen LogP) is 1.55. The average molecular weight is 332 g/mol. The quantitative estimate of drug-likeness (QED) is 0.830. The van der Waals surface area contributed by atoms with Crippen LogP contribution in [-0.4, -0.2) is 27.6 Å². The van der Waals surface area contributed by atoms with Crippen LogP contribution >= 0.6 is 11.6 Å². The van der Waals surface area contributed by atoms with Crippen molar-refractivity contribution in [2.45, 2.75) is 19.5 Å². The van der Waals surface area contributed by atoms with E-state index in [1.165, 1.54) is 18.2 Å². The van der Waals surface area contributed by atoms with Crippen molar-refractivity contribution in [3.05, 3.63) is 47.2 Å². The highest BCUT2D eigenvalue weighted by Crippen LogP contribution is 2.19. The van der Waals surface area contributed by atoms with Crippen LogP contribution in [-0.2, 0) is 16.1 Å². The Morgan fingerprint density at radius 3 is 2.87 bits per heavy atom. The molecular weight excluding hydrogens is 318 g/mol. The number of carbonyl (C=O) groups is 2. The molecule has 0 unspecified atom stereocenters. The summed E-state index contributed by atoms with van der Waals surface area (Å²) in [7, 11) is 0. The third kappa shape index (κ3) is 4.56. The Balaban J connectivity index is 1.92. The lowest BCUT2D eigenvalue weighted by Crippen LogP contribution is -2.42. The zero-order chi connectivity index (χ0) is 16.8. The SMILES string of the molecule is C[C@H](Cn1cccn1)NC(=O)C(=O)Nc1ccc(Cl)c(C#N)c1. The largest absolute Gasteiger partial charge is 0.344 e. The van der Waals surface area contributed by atoms with E-state index in [2.05, 4.69) is 15.7 Å². The van der Waals surface area contributed by atoms with E-state index in [1.807, 2.05) is 6.07 Å². The Labute approximate surface area is 137 Å². The third-order valence-electron chi connectivity index (χ3n) is 2.95. The van der Waals surface area contributed by atoms with Gasteiger partial charge in [-0.2, -0.15) is 10.4 Å². The van der Waals surface area contributed by atoms with Crippen LogP contribution in [0.2, 0.25) is 5.02 Å². The minimum absolute atomic E-state index is 0.219. The van der Waals surface area contributed by atoms with E-state index >= 15 is 0 Å². The summed E-state index contributed by atoms with van der Waals surface area (Å²) in [6, 6.07) is 7.80. The highest BCUT2D eigenvalue weighted by molar-refractivity contribution is 6.39. The van der Waals surface area contributed by atoms with Crippen LogP contribution in [0.15, 0.2) is 36.7 Å². The van der Waals surface area contributed by atoms with Crippen LogP contribution < -0.4 is 10.6 Å². The molecule has 0 aliphatic carbocycles. The van der Waals surface area contributed by atoms with E-state index in [9.17, 15) is 9.59 Å². The van der Waals surface area contributed by atoms with Crippen LogP contribution in [0.25, 0.3) is 0 Å². The zero-order valence-corrected chi connectivity index (χ0v) is 13.0. The highest BCUT2D eigenvalue weighted by atomic mass is 35.5. The van der Waals surface area contributed by atoms with Gasteiger partial charge >= 0.3 is 11.8 Å². The van der Waals surface area contributed by atoms with Crippen LogP contribution in [0.1, 0.15) is 12.5 Å². The second-order valence-corrected chi connectivity index (χ2v) is 5.27. The van der Waals surface area contributed by atoms with Gasteiger partial charge in [-0.25, -0.2) is 0 Å². The van der Waals surface area contributed by atoms with E-state index in [0.29, 0.717) is 12.2 Å². The van der Waals surface area contributed by atoms with Gasteiger partial charge < -0.3 is 10.6 Å². The Kier molecular flexibility index (Phi) is 5.33. The number of hydrogen-bond acceptors (Lipinski definition) is 4. The minimum atomic E-state index is -0.816. The highest BCUT2D eigenvalue weighted by Gasteiger charge is 2.17. The number of aromatic nitrogens is 2. The maximum absolute atomic E-state index is 11.9. The second-order valence-electron chi connectivity index (χ2n) is 4.86. The molecule has 0 aliphatic rings. The Morgan fingerprint density at radius 1 is 1.43 bits per heavy atom. The number of anilines is 1. The molecule has 2 rings (SSSR count). The fraction of sp³-hybridized carbons (Fsp3) is 0.200. The standard InChI is InChI=1S/C15H14ClN5O2/c1-10(9-21-6-2-5-18-21)19-14(22)15(23)20-12-3-4-13(16)11(7-12)8-17/h2-7,10H,9H2,1H3,(H,19,22)(H,20,23)/t10-/m1/s1. The summed E-state index contributed by atoms with van der Waals surface area (Å²) >= 11 is 5.81. The lowest BCUT2D eigenvalue weighted by atomic mass is 10.2. The van der Waals surface area contributed by atoms with Crippen molar-refractivity contribution in [3.8, 4) is 6.07 Å². The second kappa shape index (κ2) is 7.42. The first-order chi connectivity index (χ1) is 11.0. The lowest BCUT2D eigenvalue weighted by molar-refractivity contribution is -0.136. The summed E-state index contributed by atoms with van der Waals surface area (Å²) in [5.41, 5.74) is 0.544. The first-order valence-corrected chi connectivity index (χ1v) is 7.16. The van der Waals surface area contributed by atoms with E-state index in [1.54, 1.807) is 30.1 Å². The molecule has 0 aliphatic heterocycles. The summed E-state index contributed by atoms with van der Waals surface area (Å²) in [5, 5.41) is 18.2. The Bertz CT molecular complexity index is 752. The van der Waals surface area contributed by atoms with Gasteiger partial charge in [0.1, 0.15) is 6.07 Å². The number of nitrogens with one attached hydrogen (secondary N) is 2. The Hall–Kier alpha value is -2.85. The number of carbonyl (C=O) groups excluding carboxylic acids is 2. The van der Waals surface area contributed by atoms with Gasteiger partial charge in [-0.05, 0) is 31.2 Å². The number of hydrogen-bond donors (Lipinski definition) is 2. The summed E-state index contributed by atoms with van der Waals surface area (Å²) in [6.45, 7) is 2.22. The summed E-state index contributed by atoms with van der Waals surface area (Å²) < 4.78 is 1.65. The normalized spacial score (nSPS) is 11.3. The molecule has 7 nitrogen and oxygen atoms in total. The van der Waals surface area contributed by atoms with Crippen molar-refractivity contribution in [3.63, 3.8) is 0 Å². The molecule has 2 N–H and O–H groups in total. The number of nitriles is 1. The number of halogens is 1. The van der Waals surface area contributed by atoms with Crippen LogP contribution in [0, 0.1) is 11.3 Å². The predicted molar refractivity (Wildman–Crippen MR) is 84.6 cm³/mol. The van der Waals surface area contributed by atoms with Crippen LogP contribution in [0.5, 0.6) is 0 Å². The molecule has 1 heterocycles. The van der Waals surface area contributed by atoms with E-state index in [0.717, 1.165) is 0 Å². The van der Waals surface area contributed by atoms with Crippen LogP contribution in [0.3, 0.4) is 0 Å². The van der Waals surface area contributed by atoms with Gasteiger partial charge in [0.15, 0.2) is 0 Å². The number of nitrogens with zero attached hydrogens (tertiary/aromatic N) is 3. The van der Waals surface area contributed by atoms with Gasteiger partial charge in [-0.15, -0.1) is 0 Å². The number of rotatable bonds is 4.